The molecular weight excluding hydrogens is 246 g/mol. The predicted molar refractivity (Wildman–Crippen MR) is 78.2 cm³/mol. The van der Waals surface area contributed by atoms with E-state index < -0.39 is 0 Å². The number of rotatable bonds is 7. The minimum Gasteiger partial charge on any atom is -0.314 e. The lowest BCUT2D eigenvalue weighted by molar-refractivity contribution is 0.336. The molecule has 4 heteroatoms. The zero-order valence-electron chi connectivity index (χ0n) is 12.3. The third-order valence-electron chi connectivity index (χ3n) is 3.78. The molecule has 0 aromatic carbocycles. The molecule has 0 saturated heterocycles. The van der Waals surface area contributed by atoms with Gasteiger partial charge in [0, 0.05) is 18.7 Å². The number of hydrogen-bond acceptors (Lipinski definition) is 2. The Morgan fingerprint density at radius 2 is 1.89 bits per heavy atom. The van der Waals surface area contributed by atoms with Gasteiger partial charge < -0.3 is 5.32 Å². The van der Waals surface area contributed by atoms with E-state index in [2.05, 4.69) is 31.2 Å². The molecule has 1 rings (SSSR count). The van der Waals surface area contributed by atoms with E-state index in [1.54, 1.807) is 4.68 Å². The average molecular weight is 272 g/mol. The molecule has 1 atom stereocenters. The Morgan fingerprint density at radius 1 is 1.28 bits per heavy atom. The molecule has 104 valence electrons. The fourth-order valence-electron chi connectivity index (χ4n) is 2.65. The zero-order valence-corrected chi connectivity index (χ0v) is 13.0. The summed E-state index contributed by atoms with van der Waals surface area (Å²) in [7, 11) is 1.90. The van der Waals surface area contributed by atoms with Crippen LogP contribution >= 0.6 is 11.6 Å². The first-order valence-electron chi connectivity index (χ1n) is 6.96. The molecule has 0 radical (unpaired) electrons. The Kier molecular flexibility index (Phi) is 6.16. The predicted octanol–water partition coefficient (Wildman–Crippen LogP) is 3.34. The topological polar surface area (TPSA) is 29.9 Å². The normalized spacial score (nSPS) is 13.3. The van der Waals surface area contributed by atoms with Gasteiger partial charge in [-0.25, -0.2) is 0 Å². The van der Waals surface area contributed by atoms with Gasteiger partial charge in [-0.1, -0.05) is 45.2 Å². The van der Waals surface area contributed by atoms with Gasteiger partial charge in [0.05, 0.1) is 5.69 Å². The van der Waals surface area contributed by atoms with Gasteiger partial charge in [-0.05, 0) is 25.8 Å². The third-order valence-corrected chi connectivity index (χ3v) is 4.25. The van der Waals surface area contributed by atoms with Gasteiger partial charge in [-0.2, -0.15) is 5.10 Å². The largest absolute Gasteiger partial charge is 0.314 e. The number of halogens is 1. The molecule has 1 N–H and O–H groups in total. The lowest BCUT2D eigenvalue weighted by Gasteiger charge is -2.26. The number of nitrogens with zero attached hydrogens (tertiary/aromatic N) is 2. The Hall–Kier alpha value is -0.540. The van der Waals surface area contributed by atoms with Crippen molar-refractivity contribution in [2.24, 2.45) is 13.0 Å². The highest BCUT2D eigenvalue weighted by molar-refractivity contribution is 6.30. The Bertz CT molecular complexity index is 369. The van der Waals surface area contributed by atoms with Crippen molar-refractivity contribution in [2.45, 2.75) is 53.0 Å². The molecule has 1 aromatic heterocycles. The molecule has 18 heavy (non-hydrogen) atoms. The maximum absolute atomic E-state index is 6.32. The summed E-state index contributed by atoms with van der Waals surface area (Å²) in [5.41, 5.74) is 2.24. The molecule has 0 spiro atoms. The van der Waals surface area contributed by atoms with Crippen LogP contribution in [-0.4, -0.2) is 22.4 Å². The first-order chi connectivity index (χ1) is 8.54. The van der Waals surface area contributed by atoms with Crippen LogP contribution < -0.4 is 5.32 Å². The van der Waals surface area contributed by atoms with Gasteiger partial charge in [0.1, 0.15) is 5.15 Å². The van der Waals surface area contributed by atoms with Crippen molar-refractivity contribution in [1.29, 1.82) is 0 Å². The van der Waals surface area contributed by atoms with Crippen molar-refractivity contribution in [2.75, 3.05) is 6.54 Å². The van der Waals surface area contributed by atoms with E-state index >= 15 is 0 Å². The van der Waals surface area contributed by atoms with Crippen molar-refractivity contribution >= 4 is 11.6 Å². The molecule has 3 nitrogen and oxygen atoms in total. The Morgan fingerprint density at radius 3 is 2.28 bits per heavy atom. The van der Waals surface area contributed by atoms with E-state index in [4.69, 9.17) is 11.6 Å². The van der Waals surface area contributed by atoms with E-state index in [-0.39, 0.29) is 0 Å². The van der Waals surface area contributed by atoms with Crippen molar-refractivity contribution in [3.63, 3.8) is 0 Å². The van der Waals surface area contributed by atoms with E-state index in [9.17, 15) is 0 Å². The van der Waals surface area contributed by atoms with Gasteiger partial charge in [0.25, 0.3) is 0 Å². The van der Waals surface area contributed by atoms with E-state index in [0.29, 0.717) is 12.0 Å². The summed E-state index contributed by atoms with van der Waals surface area (Å²) >= 11 is 6.32. The van der Waals surface area contributed by atoms with E-state index in [1.165, 1.54) is 18.4 Å². The number of hydrogen-bond donors (Lipinski definition) is 1. The summed E-state index contributed by atoms with van der Waals surface area (Å²) in [6.45, 7) is 9.72. The third kappa shape index (κ3) is 3.48. The molecule has 0 bridgehead atoms. The van der Waals surface area contributed by atoms with Crippen molar-refractivity contribution < 1.29 is 0 Å². The zero-order chi connectivity index (χ0) is 13.7. The Balaban J connectivity index is 2.88. The summed E-state index contributed by atoms with van der Waals surface area (Å²) < 4.78 is 1.77. The number of aromatic nitrogens is 2. The van der Waals surface area contributed by atoms with Crippen LogP contribution in [0.2, 0.25) is 5.15 Å². The molecule has 0 fully saturated rings. The van der Waals surface area contributed by atoms with Crippen LogP contribution in [-0.2, 0) is 13.5 Å². The van der Waals surface area contributed by atoms with E-state index in [1.807, 2.05) is 14.0 Å². The summed E-state index contributed by atoms with van der Waals surface area (Å²) in [6.07, 6.45) is 3.37. The summed E-state index contributed by atoms with van der Waals surface area (Å²) in [4.78, 5) is 0. The second-order valence-electron chi connectivity index (χ2n) is 4.92. The summed E-state index contributed by atoms with van der Waals surface area (Å²) in [6, 6.07) is 0.491. The van der Waals surface area contributed by atoms with Crippen LogP contribution in [0.25, 0.3) is 0 Å². The molecule has 1 heterocycles. The summed E-state index contributed by atoms with van der Waals surface area (Å²) in [5.74, 6) is 0.695. The SMILES string of the molecule is CCNC(Cc1c(C)nn(C)c1Cl)C(CC)CC. The highest BCUT2D eigenvalue weighted by atomic mass is 35.5. The lowest BCUT2D eigenvalue weighted by atomic mass is 9.89. The first kappa shape index (κ1) is 15.5. The fourth-order valence-corrected chi connectivity index (χ4v) is 2.90. The van der Waals surface area contributed by atoms with Crippen molar-refractivity contribution in [3.8, 4) is 0 Å². The second kappa shape index (κ2) is 7.15. The standard InChI is InChI=1S/C14H26ClN3/c1-6-11(7-2)13(16-8-3)9-12-10(4)17-18(5)14(12)15/h11,13,16H,6-9H2,1-5H3. The quantitative estimate of drug-likeness (QED) is 0.824. The maximum Gasteiger partial charge on any atom is 0.130 e. The second-order valence-corrected chi connectivity index (χ2v) is 5.28. The maximum atomic E-state index is 6.32. The number of nitrogens with one attached hydrogen (secondary N) is 1. The minimum atomic E-state index is 0.491. The van der Waals surface area contributed by atoms with Crippen LogP contribution in [0.3, 0.4) is 0 Å². The molecule has 0 aliphatic carbocycles. The molecule has 0 aliphatic rings. The smallest absolute Gasteiger partial charge is 0.130 e. The molecule has 0 amide bonds. The van der Waals surface area contributed by atoms with Crippen molar-refractivity contribution in [1.82, 2.24) is 15.1 Å². The highest BCUT2D eigenvalue weighted by Crippen LogP contribution is 2.24. The lowest BCUT2D eigenvalue weighted by Crippen LogP contribution is -2.37. The van der Waals surface area contributed by atoms with Crippen LogP contribution in [0.15, 0.2) is 0 Å². The molecule has 0 aliphatic heterocycles. The van der Waals surface area contributed by atoms with Gasteiger partial charge in [0.15, 0.2) is 0 Å². The number of aryl methyl sites for hydroxylation is 2. The molecule has 1 unspecified atom stereocenters. The fraction of sp³-hybridized carbons (Fsp3) is 0.786. The molecule has 1 aromatic rings. The average Bonchev–Trinajstić information content (AvgIpc) is 2.57. The first-order valence-corrected chi connectivity index (χ1v) is 7.34. The summed E-state index contributed by atoms with van der Waals surface area (Å²) in [5, 5.41) is 8.77. The van der Waals surface area contributed by atoms with Crippen molar-refractivity contribution in [3.05, 3.63) is 16.4 Å². The number of likely N-dealkylation sites (N-methyl/N-ethyl adjacent to an activating group) is 1. The van der Waals surface area contributed by atoms with Gasteiger partial charge >= 0.3 is 0 Å². The van der Waals surface area contributed by atoms with Gasteiger partial charge in [0.2, 0.25) is 0 Å². The van der Waals surface area contributed by atoms with Crippen LogP contribution in [0.4, 0.5) is 0 Å². The Labute approximate surface area is 116 Å². The minimum absolute atomic E-state index is 0.491. The van der Waals surface area contributed by atoms with Crippen LogP contribution in [0, 0.1) is 12.8 Å². The van der Waals surface area contributed by atoms with E-state index in [0.717, 1.165) is 23.8 Å². The van der Waals surface area contributed by atoms with Gasteiger partial charge in [-0.3, -0.25) is 4.68 Å². The highest BCUT2D eigenvalue weighted by Gasteiger charge is 2.21. The van der Waals surface area contributed by atoms with Crippen LogP contribution in [0.1, 0.15) is 44.9 Å². The monoisotopic (exact) mass is 271 g/mol. The molecular formula is C14H26ClN3. The molecule has 0 saturated carbocycles. The van der Waals surface area contributed by atoms with Gasteiger partial charge in [-0.15, -0.1) is 0 Å². The van der Waals surface area contributed by atoms with Crippen LogP contribution in [0.5, 0.6) is 0 Å².